The van der Waals surface area contributed by atoms with E-state index in [1.165, 1.54) is 22.3 Å². The zero-order valence-electron chi connectivity index (χ0n) is 15.3. The van der Waals surface area contributed by atoms with Crippen molar-refractivity contribution in [3.8, 4) is 5.75 Å². The molecule has 0 atom stereocenters. The average Bonchev–Trinajstić information content (AvgIpc) is 2.53. The maximum Gasteiger partial charge on any atom is 0.119 e. The van der Waals surface area contributed by atoms with E-state index in [0.29, 0.717) is 18.3 Å². The Hall–Kier alpha value is -1.96. The molecule has 0 saturated carbocycles. The summed E-state index contributed by atoms with van der Waals surface area (Å²) in [6, 6.07) is 5.92. The maximum atomic E-state index is 10.00. The van der Waals surface area contributed by atoms with Crippen molar-refractivity contribution in [1.29, 1.82) is 0 Å². The molecule has 2 nitrogen and oxygen atoms in total. The molecule has 1 N–H and O–H groups in total. The quantitative estimate of drug-likeness (QED) is 0.502. The molecule has 0 saturated heterocycles. The Morgan fingerprint density at radius 3 is 2.52 bits per heavy atom. The van der Waals surface area contributed by atoms with Crippen LogP contribution in [0.3, 0.4) is 0 Å². The first-order valence-corrected chi connectivity index (χ1v) is 8.33. The lowest BCUT2D eigenvalue weighted by Gasteiger charge is -2.14. The molecule has 1 aromatic carbocycles. The van der Waals surface area contributed by atoms with Gasteiger partial charge in [-0.3, -0.25) is 0 Å². The normalized spacial score (nSPS) is 13.6. The topological polar surface area (TPSA) is 29.5 Å². The van der Waals surface area contributed by atoms with Crippen molar-refractivity contribution >= 4 is 0 Å². The fraction of sp³-hybridized carbons (Fsp3) is 0.429. The van der Waals surface area contributed by atoms with Gasteiger partial charge in [0.25, 0.3) is 0 Å². The van der Waals surface area contributed by atoms with E-state index in [4.69, 9.17) is 4.74 Å². The van der Waals surface area contributed by atoms with Crippen molar-refractivity contribution in [1.82, 2.24) is 0 Å². The zero-order chi connectivity index (χ0) is 17.4. The lowest BCUT2D eigenvalue weighted by molar-refractivity contribution is 0.269. The van der Waals surface area contributed by atoms with Crippen LogP contribution in [0.4, 0.5) is 0 Å². The molecular weight excluding hydrogens is 284 g/mol. The fourth-order valence-electron chi connectivity index (χ4n) is 2.49. The van der Waals surface area contributed by atoms with E-state index in [0.717, 1.165) is 12.0 Å². The molecule has 0 aliphatic carbocycles. The first-order valence-electron chi connectivity index (χ1n) is 8.33. The Labute approximate surface area is 141 Å². The summed E-state index contributed by atoms with van der Waals surface area (Å²) < 4.78 is 5.32. The molecule has 2 heteroatoms. The smallest absolute Gasteiger partial charge is 0.119 e. The zero-order valence-corrected chi connectivity index (χ0v) is 15.3. The van der Waals surface area contributed by atoms with Crippen LogP contribution in [-0.2, 0) is 11.2 Å². The Bertz CT molecular complexity index is 604. The highest BCUT2D eigenvalue weighted by Gasteiger charge is 2.10. The van der Waals surface area contributed by atoms with Gasteiger partial charge in [0.05, 0.1) is 12.9 Å². The molecule has 0 radical (unpaired) electrons. The van der Waals surface area contributed by atoms with Crippen molar-refractivity contribution in [3.63, 3.8) is 0 Å². The number of rotatable bonds is 7. The van der Waals surface area contributed by atoms with Crippen LogP contribution in [0.1, 0.15) is 58.6 Å². The molecule has 0 aliphatic rings. The highest BCUT2D eigenvalue weighted by atomic mass is 16.5. The van der Waals surface area contributed by atoms with Gasteiger partial charge in [-0.1, -0.05) is 37.6 Å². The van der Waals surface area contributed by atoms with Gasteiger partial charge < -0.3 is 9.84 Å². The molecule has 0 spiro atoms. The van der Waals surface area contributed by atoms with E-state index in [1.54, 1.807) is 12.3 Å². The molecular formula is C21H30O2. The summed E-state index contributed by atoms with van der Waals surface area (Å²) in [5.74, 6) is 0.689. The highest BCUT2D eigenvalue weighted by molar-refractivity contribution is 5.44. The summed E-state index contributed by atoms with van der Waals surface area (Å²) >= 11 is 0. The molecule has 0 heterocycles. The molecule has 0 amide bonds. The number of hydrogen-bond acceptors (Lipinski definition) is 2. The molecule has 0 aliphatic heterocycles. The fourth-order valence-corrected chi connectivity index (χ4v) is 2.49. The van der Waals surface area contributed by atoms with Gasteiger partial charge in [0.15, 0.2) is 0 Å². The Morgan fingerprint density at radius 2 is 1.96 bits per heavy atom. The standard InChI is InChI=1S/C21H30O2/c1-7-16(5)20(17(6)11-12-23-8-2)14-18-9-10-21(22)19(13-18)15(3)4/h7,9-13,15,22H,8,14H2,1-6H3/b12-11+,16-7-,20-17-. The molecule has 126 valence electrons. The number of allylic oxidation sites excluding steroid dienone is 5. The number of aromatic hydroxyl groups is 1. The first kappa shape index (κ1) is 19.1. The average molecular weight is 314 g/mol. The van der Waals surface area contributed by atoms with Gasteiger partial charge >= 0.3 is 0 Å². The van der Waals surface area contributed by atoms with Gasteiger partial charge in [-0.25, -0.2) is 0 Å². The van der Waals surface area contributed by atoms with Crippen LogP contribution in [0, 0.1) is 0 Å². The van der Waals surface area contributed by atoms with Crippen LogP contribution in [-0.4, -0.2) is 11.7 Å². The number of ether oxygens (including phenoxy) is 1. The third kappa shape index (κ3) is 5.63. The Kier molecular flexibility index (Phi) is 7.67. The second kappa shape index (κ2) is 9.24. The van der Waals surface area contributed by atoms with E-state index in [9.17, 15) is 5.11 Å². The van der Waals surface area contributed by atoms with Crippen molar-refractivity contribution in [2.45, 2.75) is 53.9 Å². The number of phenols is 1. The van der Waals surface area contributed by atoms with Crippen LogP contribution in [0.25, 0.3) is 0 Å². The predicted molar refractivity (Wildman–Crippen MR) is 98.8 cm³/mol. The Balaban J connectivity index is 3.17. The van der Waals surface area contributed by atoms with E-state index in [1.807, 2.05) is 19.1 Å². The third-order valence-electron chi connectivity index (χ3n) is 4.06. The largest absolute Gasteiger partial charge is 0.508 e. The van der Waals surface area contributed by atoms with Gasteiger partial charge in [-0.15, -0.1) is 0 Å². The van der Waals surface area contributed by atoms with Gasteiger partial charge in [-0.2, -0.15) is 0 Å². The SMILES string of the molecule is C\C=C(C)/C(Cc1ccc(O)c(C(C)C)c1)=C(C)\C=C\OCC. The summed E-state index contributed by atoms with van der Waals surface area (Å²) in [6.07, 6.45) is 6.76. The van der Waals surface area contributed by atoms with E-state index >= 15 is 0 Å². The number of hydrogen-bond donors (Lipinski definition) is 1. The van der Waals surface area contributed by atoms with Crippen LogP contribution in [0.5, 0.6) is 5.75 Å². The highest BCUT2D eigenvalue weighted by Crippen LogP contribution is 2.28. The summed E-state index contributed by atoms with van der Waals surface area (Å²) in [4.78, 5) is 0. The maximum absolute atomic E-state index is 10.00. The number of phenolic OH excluding ortho intramolecular Hbond substituents is 1. The summed E-state index contributed by atoms with van der Waals surface area (Å²) in [5.41, 5.74) is 5.98. The van der Waals surface area contributed by atoms with Crippen molar-refractivity contribution in [2.75, 3.05) is 6.61 Å². The molecule has 1 rings (SSSR count). The van der Waals surface area contributed by atoms with Crippen molar-refractivity contribution < 1.29 is 9.84 Å². The molecule has 0 fully saturated rings. The van der Waals surface area contributed by atoms with Gasteiger partial charge in [0.1, 0.15) is 5.75 Å². The Morgan fingerprint density at radius 1 is 1.26 bits per heavy atom. The van der Waals surface area contributed by atoms with Crippen LogP contribution in [0.15, 0.2) is 53.3 Å². The molecule has 1 aromatic rings. The van der Waals surface area contributed by atoms with E-state index in [-0.39, 0.29) is 0 Å². The summed E-state index contributed by atoms with van der Waals surface area (Å²) in [5, 5.41) is 10.00. The number of benzene rings is 1. The summed E-state index contributed by atoms with van der Waals surface area (Å²) in [6.45, 7) is 13.2. The minimum absolute atomic E-state index is 0.309. The molecule has 0 unspecified atom stereocenters. The van der Waals surface area contributed by atoms with Gasteiger partial charge in [0, 0.05) is 0 Å². The third-order valence-corrected chi connectivity index (χ3v) is 4.06. The van der Waals surface area contributed by atoms with Crippen LogP contribution >= 0.6 is 0 Å². The monoisotopic (exact) mass is 314 g/mol. The van der Waals surface area contributed by atoms with Crippen LogP contribution in [0.2, 0.25) is 0 Å². The molecule has 23 heavy (non-hydrogen) atoms. The van der Waals surface area contributed by atoms with Crippen molar-refractivity contribution in [2.24, 2.45) is 0 Å². The molecule has 0 aromatic heterocycles. The van der Waals surface area contributed by atoms with Crippen LogP contribution < -0.4 is 0 Å². The second-order valence-corrected chi connectivity index (χ2v) is 6.12. The van der Waals surface area contributed by atoms with E-state index in [2.05, 4.69) is 46.8 Å². The van der Waals surface area contributed by atoms with E-state index < -0.39 is 0 Å². The first-order chi connectivity index (χ1) is 10.9. The van der Waals surface area contributed by atoms with Gasteiger partial charge in [0.2, 0.25) is 0 Å². The second-order valence-electron chi connectivity index (χ2n) is 6.12. The minimum atomic E-state index is 0.309. The summed E-state index contributed by atoms with van der Waals surface area (Å²) in [7, 11) is 0. The van der Waals surface area contributed by atoms with Crippen molar-refractivity contribution in [3.05, 3.63) is 64.5 Å². The predicted octanol–water partition coefficient (Wildman–Crippen LogP) is 5.89. The lowest BCUT2D eigenvalue weighted by atomic mass is 9.92. The van der Waals surface area contributed by atoms with Gasteiger partial charge in [-0.05, 0) is 74.4 Å². The lowest BCUT2D eigenvalue weighted by Crippen LogP contribution is -1.98. The minimum Gasteiger partial charge on any atom is -0.508 e. The molecule has 0 bridgehead atoms.